The Bertz CT molecular complexity index is 1190. The molecule has 0 bridgehead atoms. The van der Waals surface area contributed by atoms with Crippen molar-refractivity contribution in [3.63, 3.8) is 0 Å². The zero-order valence-corrected chi connectivity index (χ0v) is 23.2. The number of carbonyl (C=O) groups excluding carboxylic acids is 2. The molecule has 0 saturated carbocycles. The van der Waals surface area contributed by atoms with Gasteiger partial charge in [0.15, 0.2) is 10.7 Å². The van der Waals surface area contributed by atoms with E-state index in [9.17, 15) is 18.0 Å². The molecule has 0 radical (unpaired) electrons. The number of Topliss-reactive ketones (excluding diaryl/α,β-unsaturated/α-hetero) is 1. The maximum absolute atomic E-state index is 14.6. The molecule has 38 heavy (non-hydrogen) atoms. The van der Waals surface area contributed by atoms with Crippen LogP contribution in [0.15, 0.2) is 41.3 Å². The van der Waals surface area contributed by atoms with Crippen molar-refractivity contribution >= 4 is 38.0 Å². The first-order valence-corrected chi connectivity index (χ1v) is 14.4. The van der Waals surface area contributed by atoms with E-state index in [1.54, 1.807) is 18.2 Å². The summed E-state index contributed by atoms with van der Waals surface area (Å²) in [6, 6.07) is 9.01. The van der Waals surface area contributed by atoms with Crippen LogP contribution in [0.25, 0.3) is 10.8 Å². The minimum Gasteiger partial charge on any atom is -0.377 e. The second kappa shape index (κ2) is 14.5. The summed E-state index contributed by atoms with van der Waals surface area (Å²) in [6.45, 7) is 2.13. The molecule has 0 aromatic heterocycles. The fourth-order valence-electron chi connectivity index (χ4n) is 4.55. The number of primary amides is 1. The van der Waals surface area contributed by atoms with Crippen molar-refractivity contribution in [3.05, 3.63) is 36.4 Å². The van der Waals surface area contributed by atoms with Crippen LogP contribution < -0.4 is 38.5 Å². The number of nitrogens with one attached hydrogen (secondary N) is 2. The Morgan fingerprint density at radius 3 is 2.18 bits per heavy atom. The number of anilines is 1. The van der Waals surface area contributed by atoms with Gasteiger partial charge >= 0.3 is 0 Å². The Hall–Kier alpha value is -2.61. The van der Waals surface area contributed by atoms with Crippen molar-refractivity contribution in [1.29, 1.82) is 0 Å². The molecular weight excluding hydrogens is 506 g/mol. The molecule has 12 heteroatoms. The van der Waals surface area contributed by atoms with Gasteiger partial charge in [-0.15, -0.1) is 0 Å². The Morgan fingerprint density at radius 1 is 0.947 bits per heavy atom. The first-order valence-electron chi connectivity index (χ1n) is 12.9. The van der Waals surface area contributed by atoms with Gasteiger partial charge < -0.3 is 33.2 Å². The fourth-order valence-corrected chi connectivity index (χ4v) is 6.77. The van der Waals surface area contributed by atoms with E-state index in [4.69, 9.17) is 22.9 Å². The molecule has 10 N–H and O–H groups in total. The quantitative estimate of drug-likeness (QED) is 0.135. The molecule has 1 unspecified atom stereocenters. The molecule has 11 nitrogen and oxygen atoms in total. The molecule has 0 spiro atoms. The van der Waals surface area contributed by atoms with Crippen molar-refractivity contribution in [3.8, 4) is 0 Å². The van der Waals surface area contributed by atoms with Crippen molar-refractivity contribution in [2.75, 3.05) is 51.7 Å². The van der Waals surface area contributed by atoms with E-state index >= 15 is 0 Å². The van der Waals surface area contributed by atoms with Crippen LogP contribution in [0, 0.1) is 0 Å². The number of benzene rings is 2. The van der Waals surface area contributed by atoms with Crippen molar-refractivity contribution in [2.24, 2.45) is 22.9 Å². The van der Waals surface area contributed by atoms with Crippen LogP contribution in [-0.4, -0.2) is 77.8 Å². The van der Waals surface area contributed by atoms with Crippen molar-refractivity contribution < 1.29 is 18.0 Å². The lowest BCUT2D eigenvalue weighted by molar-refractivity contribution is -0.127. The second-order valence-electron chi connectivity index (χ2n) is 9.56. The van der Waals surface area contributed by atoms with Crippen LogP contribution in [0.1, 0.15) is 32.1 Å². The van der Waals surface area contributed by atoms with Crippen LogP contribution >= 0.6 is 0 Å². The molecule has 1 amide bonds. The molecule has 0 aliphatic carbocycles. The molecule has 0 heterocycles. The van der Waals surface area contributed by atoms with E-state index in [1.165, 1.54) is 6.07 Å². The third-order valence-electron chi connectivity index (χ3n) is 6.48. The third kappa shape index (κ3) is 7.28. The number of rotatable bonds is 18. The predicted molar refractivity (Wildman–Crippen MR) is 152 cm³/mol. The smallest absolute Gasteiger partial charge is 0.219 e. The maximum atomic E-state index is 14.6. The number of nitrogens with zero attached hydrogens (tertiary/aromatic N) is 1. The highest BCUT2D eigenvalue weighted by Gasteiger charge is 2.52. The van der Waals surface area contributed by atoms with Crippen LogP contribution in [0.4, 0.5) is 5.69 Å². The molecule has 2 aromatic carbocycles. The SMILES string of the molecule is CN(C)c1cccc2c(S(=O)(=O)C(CCCNCCCN)(NCCCN)C(=O)[C@@H](N)CC(N)=O)cccc12. The highest BCUT2D eigenvalue weighted by atomic mass is 32.2. The van der Waals surface area contributed by atoms with Gasteiger partial charge in [0.2, 0.25) is 15.7 Å². The first-order chi connectivity index (χ1) is 18.0. The van der Waals surface area contributed by atoms with E-state index in [0.717, 1.165) is 17.5 Å². The van der Waals surface area contributed by atoms with Crippen molar-refractivity contribution in [1.82, 2.24) is 10.6 Å². The lowest BCUT2D eigenvalue weighted by Gasteiger charge is -2.35. The average Bonchev–Trinajstić information content (AvgIpc) is 2.87. The Labute approximate surface area is 225 Å². The van der Waals surface area contributed by atoms with Gasteiger partial charge in [-0.1, -0.05) is 24.3 Å². The van der Waals surface area contributed by atoms with Gasteiger partial charge in [-0.25, -0.2) is 8.42 Å². The van der Waals surface area contributed by atoms with Gasteiger partial charge in [-0.3, -0.25) is 14.9 Å². The largest absolute Gasteiger partial charge is 0.377 e. The number of hydrogen-bond acceptors (Lipinski definition) is 10. The highest BCUT2D eigenvalue weighted by molar-refractivity contribution is 7.93. The lowest BCUT2D eigenvalue weighted by Crippen LogP contribution is -2.63. The topological polar surface area (TPSA) is 200 Å². The van der Waals surface area contributed by atoms with E-state index in [0.29, 0.717) is 44.4 Å². The second-order valence-corrected chi connectivity index (χ2v) is 11.7. The summed E-state index contributed by atoms with van der Waals surface area (Å²) in [5, 5.41) is 7.46. The minimum absolute atomic E-state index is 0.00895. The summed E-state index contributed by atoms with van der Waals surface area (Å²) in [6.07, 6.45) is 1.02. The molecule has 0 fully saturated rings. The number of nitrogens with two attached hydrogens (primary N) is 4. The van der Waals surface area contributed by atoms with E-state index in [2.05, 4.69) is 10.6 Å². The van der Waals surface area contributed by atoms with Gasteiger partial charge in [-0.05, 0) is 70.5 Å². The van der Waals surface area contributed by atoms with Gasteiger partial charge in [0.05, 0.1) is 10.9 Å². The molecule has 0 saturated heterocycles. The minimum atomic E-state index is -4.39. The summed E-state index contributed by atoms with van der Waals surface area (Å²) in [5.74, 6) is -1.58. The van der Waals surface area contributed by atoms with Crippen LogP contribution in [0.2, 0.25) is 0 Å². The molecule has 2 rings (SSSR count). The standard InChI is InChI=1S/C26H43N7O4S/c1-33(2)22-10-3-9-20-19(22)8-4-11-23(20)38(36,37)26(32-17-7-14-28,12-5-15-31-16-6-13-27)25(35)21(29)18-24(30)34/h3-4,8-11,21,31-32H,5-7,12-18,27-29H2,1-2H3,(H2,30,34)/t21-,26?/m0/s1. The van der Waals surface area contributed by atoms with Gasteiger partial charge in [-0.2, -0.15) is 0 Å². The number of sulfone groups is 1. The lowest BCUT2D eigenvalue weighted by atomic mass is 9.97. The first kappa shape index (κ1) is 31.6. The maximum Gasteiger partial charge on any atom is 0.219 e. The third-order valence-corrected chi connectivity index (χ3v) is 8.88. The Balaban J connectivity index is 2.70. The van der Waals surface area contributed by atoms with Crippen LogP contribution in [0.3, 0.4) is 0 Å². The Kier molecular flexibility index (Phi) is 12.1. The van der Waals surface area contributed by atoms with Crippen molar-refractivity contribution in [2.45, 2.75) is 47.9 Å². The normalized spacial score (nSPS) is 14.2. The number of amides is 1. The molecule has 2 atom stereocenters. The molecular formula is C26H43N7O4S. The van der Waals surface area contributed by atoms with Crippen LogP contribution in [0.5, 0.6) is 0 Å². The number of fused-ring (bicyclic) bond motifs is 1. The van der Waals surface area contributed by atoms with E-state index in [1.807, 2.05) is 31.1 Å². The fraction of sp³-hybridized carbons (Fsp3) is 0.538. The summed E-state index contributed by atoms with van der Waals surface area (Å²) in [5.41, 5.74) is 23.5. The summed E-state index contributed by atoms with van der Waals surface area (Å²) < 4.78 is 29.2. The number of carbonyl (C=O) groups is 2. The molecule has 0 aliphatic heterocycles. The summed E-state index contributed by atoms with van der Waals surface area (Å²) in [4.78, 5) is 25.4. The van der Waals surface area contributed by atoms with Crippen LogP contribution in [-0.2, 0) is 19.4 Å². The molecule has 212 valence electrons. The van der Waals surface area contributed by atoms with Gasteiger partial charge in [0.25, 0.3) is 0 Å². The number of hydrogen-bond donors (Lipinski definition) is 6. The summed E-state index contributed by atoms with van der Waals surface area (Å²) >= 11 is 0. The average molecular weight is 550 g/mol. The van der Waals surface area contributed by atoms with E-state index < -0.39 is 38.9 Å². The summed E-state index contributed by atoms with van der Waals surface area (Å²) in [7, 11) is -0.642. The van der Waals surface area contributed by atoms with E-state index in [-0.39, 0.29) is 17.9 Å². The van der Waals surface area contributed by atoms with Gasteiger partial charge in [0.1, 0.15) is 0 Å². The molecule has 2 aromatic rings. The van der Waals surface area contributed by atoms with Gasteiger partial charge in [0, 0.05) is 37.0 Å². The molecule has 0 aliphatic rings. The highest BCUT2D eigenvalue weighted by Crippen LogP contribution is 2.37. The predicted octanol–water partition coefficient (Wildman–Crippen LogP) is -0.195. The zero-order valence-electron chi connectivity index (χ0n) is 22.4. The Morgan fingerprint density at radius 2 is 1.55 bits per heavy atom. The zero-order chi connectivity index (χ0) is 28.3. The number of ketones is 1. The monoisotopic (exact) mass is 549 g/mol.